The number of hydrogen-bond donors (Lipinski definition) is 3. The van der Waals surface area contributed by atoms with Crippen LogP contribution in [-0.2, 0) is 10.0 Å². The van der Waals surface area contributed by atoms with Crippen LogP contribution < -0.4 is 16.2 Å². The Morgan fingerprint density at radius 2 is 2.10 bits per heavy atom. The summed E-state index contributed by atoms with van der Waals surface area (Å²) in [5.41, 5.74) is 5.56. The van der Waals surface area contributed by atoms with E-state index in [1.807, 2.05) is 0 Å². The number of carbonyl (C=O) groups excluding carboxylic acids is 1. The number of nitrogens with two attached hydrogens (primary N) is 2. The van der Waals surface area contributed by atoms with Crippen LogP contribution >= 0.6 is 0 Å². The summed E-state index contributed by atoms with van der Waals surface area (Å²) < 4.78 is 34.7. The minimum Gasteiger partial charge on any atom is -0.351 e. The molecule has 0 aliphatic carbocycles. The molecule has 6 nitrogen and oxygen atoms in total. The lowest BCUT2D eigenvalue weighted by Crippen LogP contribution is -2.31. The fourth-order valence-corrected chi connectivity index (χ4v) is 1.75. The van der Waals surface area contributed by atoms with Gasteiger partial charge in [-0.1, -0.05) is 11.8 Å². The molecule has 0 bridgehead atoms. The monoisotopic (exact) mass is 299 g/mol. The largest absolute Gasteiger partial charge is 0.351 e. The maximum absolute atomic E-state index is 13.2. The van der Waals surface area contributed by atoms with Gasteiger partial charge in [0.25, 0.3) is 5.91 Å². The summed E-state index contributed by atoms with van der Waals surface area (Å²) in [5.74, 6) is 3.57. The molecule has 0 aromatic heterocycles. The second-order valence-electron chi connectivity index (χ2n) is 3.82. The Balaban J connectivity index is 2.88. The Hall–Kier alpha value is -1.95. The third kappa shape index (κ3) is 5.36. The summed E-state index contributed by atoms with van der Waals surface area (Å²) in [6.07, 6.45) is 0. The Bertz CT molecular complexity index is 662. The molecule has 0 unspecified atom stereocenters. The number of nitrogens with one attached hydrogen (secondary N) is 1. The zero-order chi connectivity index (χ0) is 15.2. The molecule has 0 aliphatic rings. The van der Waals surface area contributed by atoms with Crippen molar-refractivity contribution in [3.8, 4) is 11.8 Å². The number of sulfonamides is 1. The highest BCUT2D eigenvalue weighted by Gasteiger charge is 2.12. The van der Waals surface area contributed by atoms with Gasteiger partial charge in [0.15, 0.2) is 0 Å². The van der Waals surface area contributed by atoms with Gasteiger partial charge in [0.2, 0.25) is 10.0 Å². The van der Waals surface area contributed by atoms with Crippen molar-refractivity contribution in [1.82, 2.24) is 5.32 Å². The van der Waals surface area contributed by atoms with E-state index >= 15 is 0 Å². The van der Waals surface area contributed by atoms with E-state index in [0.717, 1.165) is 6.07 Å². The van der Waals surface area contributed by atoms with Gasteiger partial charge in [0.05, 0.1) is 17.9 Å². The standard InChI is InChI=1S/C12H14FN3O3S/c13-10-4-3-9(2-1-5-14)11(8-10)12(17)16-6-7-20(15,18)19/h3-4,8H,5-7,14H2,(H,16,17)(H2,15,18,19). The van der Waals surface area contributed by atoms with Gasteiger partial charge in [0, 0.05) is 12.1 Å². The predicted molar refractivity (Wildman–Crippen MR) is 72.6 cm³/mol. The summed E-state index contributed by atoms with van der Waals surface area (Å²) in [6, 6.07) is 3.54. The molecule has 1 rings (SSSR count). The van der Waals surface area contributed by atoms with Gasteiger partial charge >= 0.3 is 0 Å². The van der Waals surface area contributed by atoms with E-state index in [9.17, 15) is 17.6 Å². The highest BCUT2D eigenvalue weighted by molar-refractivity contribution is 7.89. The van der Waals surface area contributed by atoms with Crippen LogP contribution in [0.25, 0.3) is 0 Å². The molecule has 0 saturated heterocycles. The maximum atomic E-state index is 13.2. The Kier molecular flexibility index (Phi) is 5.64. The molecule has 1 aromatic rings. The van der Waals surface area contributed by atoms with Gasteiger partial charge in [-0.3, -0.25) is 4.79 Å². The number of carbonyl (C=O) groups is 1. The Morgan fingerprint density at radius 3 is 2.70 bits per heavy atom. The zero-order valence-corrected chi connectivity index (χ0v) is 11.3. The van der Waals surface area contributed by atoms with Crippen molar-refractivity contribution in [2.45, 2.75) is 0 Å². The molecule has 0 aliphatic heterocycles. The van der Waals surface area contributed by atoms with E-state index < -0.39 is 27.5 Å². The van der Waals surface area contributed by atoms with Crippen LogP contribution in [-0.4, -0.2) is 33.2 Å². The van der Waals surface area contributed by atoms with Gasteiger partial charge in [-0.25, -0.2) is 17.9 Å². The van der Waals surface area contributed by atoms with E-state index in [1.54, 1.807) is 0 Å². The average Bonchev–Trinajstić information content (AvgIpc) is 2.35. The molecule has 1 aromatic carbocycles. The summed E-state index contributed by atoms with van der Waals surface area (Å²) in [5, 5.41) is 7.14. The quantitative estimate of drug-likeness (QED) is 0.628. The van der Waals surface area contributed by atoms with Crippen LogP contribution in [0, 0.1) is 17.7 Å². The fourth-order valence-electron chi connectivity index (χ4n) is 1.36. The molecule has 5 N–H and O–H groups in total. The second-order valence-corrected chi connectivity index (χ2v) is 5.55. The molecule has 1 amide bonds. The third-order valence-corrected chi connectivity index (χ3v) is 3.00. The molecule has 20 heavy (non-hydrogen) atoms. The predicted octanol–water partition coefficient (Wildman–Crippen LogP) is -0.846. The highest BCUT2D eigenvalue weighted by atomic mass is 32.2. The minimum atomic E-state index is -3.67. The van der Waals surface area contributed by atoms with Crippen molar-refractivity contribution in [1.29, 1.82) is 0 Å². The van der Waals surface area contributed by atoms with E-state index in [4.69, 9.17) is 10.9 Å². The molecular formula is C12H14FN3O3S. The first-order chi connectivity index (χ1) is 9.33. The molecule has 0 heterocycles. The first kappa shape index (κ1) is 16.1. The van der Waals surface area contributed by atoms with Crippen molar-refractivity contribution in [2.75, 3.05) is 18.8 Å². The van der Waals surface area contributed by atoms with Gasteiger partial charge in [0.1, 0.15) is 5.82 Å². The number of halogens is 1. The van der Waals surface area contributed by atoms with Crippen molar-refractivity contribution in [3.05, 3.63) is 35.1 Å². The third-order valence-electron chi connectivity index (χ3n) is 2.22. The minimum absolute atomic E-state index is 0.0142. The summed E-state index contributed by atoms with van der Waals surface area (Å²) in [4.78, 5) is 11.9. The summed E-state index contributed by atoms with van der Waals surface area (Å²) >= 11 is 0. The average molecular weight is 299 g/mol. The molecule has 0 spiro atoms. The first-order valence-electron chi connectivity index (χ1n) is 5.60. The summed E-state index contributed by atoms with van der Waals surface area (Å²) in [7, 11) is -3.67. The van der Waals surface area contributed by atoms with Crippen LogP contribution in [0.15, 0.2) is 18.2 Å². The second kappa shape index (κ2) is 7.00. The molecule has 0 fully saturated rings. The lowest BCUT2D eigenvalue weighted by molar-refractivity contribution is 0.0955. The number of hydrogen-bond acceptors (Lipinski definition) is 4. The maximum Gasteiger partial charge on any atom is 0.252 e. The lowest BCUT2D eigenvalue weighted by Gasteiger charge is -2.06. The van der Waals surface area contributed by atoms with Crippen molar-refractivity contribution in [3.63, 3.8) is 0 Å². The van der Waals surface area contributed by atoms with Crippen LogP contribution in [0.4, 0.5) is 4.39 Å². The fraction of sp³-hybridized carbons (Fsp3) is 0.250. The van der Waals surface area contributed by atoms with E-state index in [1.165, 1.54) is 12.1 Å². The smallest absolute Gasteiger partial charge is 0.252 e. The Morgan fingerprint density at radius 1 is 1.40 bits per heavy atom. The molecule has 8 heteroatoms. The van der Waals surface area contributed by atoms with Crippen LogP contribution in [0.1, 0.15) is 15.9 Å². The number of amides is 1. The number of primary sulfonamides is 1. The molecule has 108 valence electrons. The van der Waals surface area contributed by atoms with Gasteiger partial charge < -0.3 is 11.1 Å². The molecular weight excluding hydrogens is 285 g/mol. The van der Waals surface area contributed by atoms with Crippen LogP contribution in [0.5, 0.6) is 0 Å². The topological polar surface area (TPSA) is 115 Å². The van der Waals surface area contributed by atoms with Gasteiger partial charge in [-0.2, -0.15) is 0 Å². The molecule has 0 atom stereocenters. The SMILES string of the molecule is NCC#Cc1ccc(F)cc1C(=O)NCCS(N)(=O)=O. The molecule has 0 radical (unpaired) electrons. The zero-order valence-electron chi connectivity index (χ0n) is 10.5. The van der Waals surface area contributed by atoms with E-state index in [-0.39, 0.29) is 18.7 Å². The van der Waals surface area contributed by atoms with Crippen molar-refractivity contribution >= 4 is 15.9 Å². The normalized spacial score (nSPS) is 10.6. The van der Waals surface area contributed by atoms with Crippen molar-refractivity contribution in [2.24, 2.45) is 10.9 Å². The summed E-state index contributed by atoms with van der Waals surface area (Å²) in [6.45, 7) is -0.0677. The Labute approximate surface area is 116 Å². The first-order valence-corrected chi connectivity index (χ1v) is 7.32. The van der Waals surface area contributed by atoms with Crippen LogP contribution in [0.2, 0.25) is 0 Å². The molecule has 0 saturated carbocycles. The van der Waals surface area contributed by atoms with Crippen LogP contribution in [0.3, 0.4) is 0 Å². The van der Waals surface area contributed by atoms with E-state index in [2.05, 4.69) is 17.2 Å². The lowest BCUT2D eigenvalue weighted by atomic mass is 10.1. The number of benzene rings is 1. The number of rotatable bonds is 4. The van der Waals surface area contributed by atoms with Gasteiger partial charge in [-0.05, 0) is 18.2 Å². The van der Waals surface area contributed by atoms with E-state index in [0.29, 0.717) is 5.56 Å². The van der Waals surface area contributed by atoms with Gasteiger partial charge in [-0.15, -0.1) is 0 Å². The van der Waals surface area contributed by atoms with Crippen molar-refractivity contribution < 1.29 is 17.6 Å². The highest BCUT2D eigenvalue weighted by Crippen LogP contribution is 2.10.